The number of carbonyl (C=O) groups excluding carboxylic acids is 2. The van der Waals surface area contributed by atoms with E-state index in [4.69, 9.17) is 9.47 Å². The summed E-state index contributed by atoms with van der Waals surface area (Å²) in [4.78, 5) is 27.3. The van der Waals surface area contributed by atoms with Crippen LogP contribution >= 0.6 is 0 Å². The molecule has 5 rings (SSSR count). The van der Waals surface area contributed by atoms with Crippen LogP contribution in [-0.4, -0.2) is 37.6 Å². The van der Waals surface area contributed by atoms with Crippen LogP contribution in [-0.2, 0) is 4.79 Å². The van der Waals surface area contributed by atoms with Gasteiger partial charge in [0.2, 0.25) is 5.91 Å². The van der Waals surface area contributed by atoms with Crippen LogP contribution in [0.3, 0.4) is 0 Å². The average Bonchev–Trinajstić information content (AvgIpc) is 3.24. The van der Waals surface area contributed by atoms with E-state index in [1.165, 1.54) is 0 Å². The van der Waals surface area contributed by atoms with Crippen molar-refractivity contribution in [2.45, 2.75) is 31.8 Å². The largest absolute Gasteiger partial charge is 0.486 e. The summed E-state index contributed by atoms with van der Waals surface area (Å²) in [6.07, 6.45) is 1.88. The lowest BCUT2D eigenvalue weighted by Crippen LogP contribution is -2.44. The normalized spacial score (nSPS) is 20.4. The second-order valence-corrected chi connectivity index (χ2v) is 7.67. The molecular weight excluding hydrogens is 370 g/mol. The zero-order chi connectivity index (χ0) is 20.0. The van der Waals surface area contributed by atoms with Crippen LogP contribution < -0.4 is 25.0 Å². The zero-order valence-corrected chi connectivity index (χ0v) is 16.2. The summed E-state index contributed by atoms with van der Waals surface area (Å²) < 4.78 is 11.2. The van der Waals surface area contributed by atoms with Crippen molar-refractivity contribution in [3.63, 3.8) is 0 Å². The number of rotatable bonds is 3. The fourth-order valence-corrected chi connectivity index (χ4v) is 4.26. The van der Waals surface area contributed by atoms with Crippen LogP contribution in [0.2, 0.25) is 0 Å². The van der Waals surface area contributed by atoms with E-state index in [0.29, 0.717) is 30.2 Å². The maximum atomic E-state index is 12.8. The van der Waals surface area contributed by atoms with Crippen LogP contribution in [0.15, 0.2) is 36.4 Å². The third-order valence-corrected chi connectivity index (χ3v) is 5.80. The van der Waals surface area contributed by atoms with Gasteiger partial charge in [0, 0.05) is 12.1 Å². The lowest BCUT2D eigenvalue weighted by molar-refractivity contribution is -0.117. The standard InChI is InChI=1S/C22H23N3O4/c1-13(14-5-7-19-20(12-14)29-10-9-28-19)23-21(26)15-4-6-17-16(11-15)24-22(27)18-3-2-8-25(17)18/h4-7,11-13,18H,2-3,8-10H2,1H3,(H,23,26)(H,24,27)/t13-,18+/m0/s1. The first kappa shape index (κ1) is 17.8. The molecule has 0 radical (unpaired) electrons. The summed E-state index contributed by atoms with van der Waals surface area (Å²) in [6.45, 7) is 3.87. The summed E-state index contributed by atoms with van der Waals surface area (Å²) in [7, 11) is 0. The first-order valence-electron chi connectivity index (χ1n) is 10.0. The van der Waals surface area contributed by atoms with E-state index in [2.05, 4.69) is 15.5 Å². The van der Waals surface area contributed by atoms with Crippen molar-refractivity contribution in [3.05, 3.63) is 47.5 Å². The summed E-state index contributed by atoms with van der Waals surface area (Å²) >= 11 is 0. The molecule has 0 spiro atoms. The van der Waals surface area contributed by atoms with E-state index < -0.39 is 0 Å². The molecule has 0 aliphatic carbocycles. The molecule has 7 nitrogen and oxygen atoms in total. The van der Waals surface area contributed by atoms with E-state index in [0.717, 1.165) is 36.4 Å². The molecule has 0 unspecified atom stereocenters. The third kappa shape index (κ3) is 3.16. The Balaban J connectivity index is 1.33. The maximum absolute atomic E-state index is 12.8. The minimum atomic E-state index is -0.202. The van der Waals surface area contributed by atoms with Crippen LogP contribution in [0.5, 0.6) is 11.5 Å². The van der Waals surface area contributed by atoms with Crippen molar-refractivity contribution < 1.29 is 19.1 Å². The monoisotopic (exact) mass is 393 g/mol. The number of hydrogen-bond donors (Lipinski definition) is 2. The summed E-state index contributed by atoms with van der Waals surface area (Å²) in [6, 6.07) is 10.9. The van der Waals surface area contributed by atoms with Crippen molar-refractivity contribution in [1.29, 1.82) is 0 Å². The molecule has 2 N–H and O–H groups in total. The van der Waals surface area contributed by atoms with Gasteiger partial charge in [-0.1, -0.05) is 6.07 Å². The van der Waals surface area contributed by atoms with Gasteiger partial charge in [0.15, 0.2) is 11.5 Å². The quantitative estimate of drug-likeness (QED) is 0.838. The number of ether oxygens (including phenoxy) is 2. The number of hydrogen-bond acceptors (Lipinski definition) is 5. The van der Waals surface area contributed by atoms with Gasteiger partial charge in [-0.05, 0) is 55.7 Å². The Labute approximate surface area is 169 Å². The molecule has 7 heteroatoms. The Kier molecular flexibility index (Phi) is 4.30. The first-order chi connectivity index (χ1) is 14.1. The third-order valence-electron chi connectivity index (χ3n) is 5.80. The Morgan fingerprint density at radius 3 is 2.86 bits per heavy atom. The predicted molar refractivity (Wildman–Crippen MR) is 109 cm³/mol. The Hall–Kier alpha value is -3.22. The van der Waals surface area contributed by atoms with Gasteiger partial charge >= 0.3 is 0 Å². The molecule has 3 heterocycles. The molecular formula is C22H23N3O4. The fraction of sp³-hybridized carbons (Fsp3) is 0.364. The molecule has 3 aliphatic rings. The first-order valence-corrected chi connectivity index (χ1v) is 10.0. The minimum absolute atomic E-state index is 0.0113. The number of nitrogens with one attached hydrogen (secondary N) is 2. The Bertz CT molecular complexity index is 990. The fourth-order valence-electron chi connectivity index (χ4n) is 4.26. The van der Waals surface area contributed by atoms with Crippen LogP contribution in [0.25, 0.3) is 0 Å². The van der Waals surface area contributed by atoms with Gasteiger partial charge in [-0.25, -0.2) is 0 Å². The molecule has 0 saturated carbocycles. The molecule has 0 bridgehead atoms. The minimum Gasteiger partial charge on any atom is -0.486 e. The molecule has 29 heavy (non-hydrogen) atoms. The molecule has 1 fully saturated rings. The van der Waals surface area contributed by atoms with Gasteiger partial charge < -0.3 is 25.0 Å². The van der Waals surface area contributed by atoms with Crippen molar-refractivity contribution in [2.75, 3.05) is 30.0 Å². The Morgan fingerprint density at radius 1 is 1.17 bits per heavy atom. The number of anilines is 2. The molecule has 2 atom stereocenters. The highest BCUT2D eigenvalue weighted by Gasteiger charge is 2.36. The molecule has 150 valence electrons. The van der Waals surface area contributed by atoms with Crippen molar-refractivity contribution in [1.82, 2.24) is 5.32 Å². The molecule has 0 aromatic heterocycles. The summed E-state index contributed by atoms with van der Waals surface area (Å²) in [5.41, 5.74) is 3.15. The van der Waals surface area contributed by atoms with E-state index in [1.807, 2.05) is 37.3 Å². The number of nitrogens with zero attached hydrogens (tertiary/aromatic N) is 1. The van der Waals surface area contributed by atoms with Crippen LogP contribution in [0, 0.1) is 0 Å². The number of fused-ring (bicyclic) bond motifs is 4. The smallest absolute Gasteiger partial charge is 0.251 e. The summed E-state index contributed by atoms with van der Waals surface area (Å²) in [5.74, 6) is 1.25. The zero-order valence-electron chi connectivity index (χ0n) is 16.2. The highest BCUT2D eigenvalue weighted by Crippen LogP contribution is 2.37. The van der Waals surface area contributed by atoms with Crippen LogP contribution in [0.1, 0.15) is 41.7 Å². The van der Waals surface area contributed by atoms with Crippen molar-refractivity contribution in [2.24, 2.45) is 0 Å². The van der Waals surface area contributed by atoms with Gasteiger partial charge in [-0.2, -0.15) is 0 Å². The van der Waals surface area contributed by atoms with Gasteiger partial charge in [0.1, 0.15) is 19.3 Å². The predicted octanol–water partition coefficient (Wildman–Crippen LogP) is 2.87. The van der Waals surface area contributed by atoms with Crippen molar-refractivity contribution in [3.8, 4) is 11.5 Å². The number of carbonyl (C=O) groups is 2. The second-order valence-electron chi connectivity index (χ2n) is 7.67. The van der Waals surface area contributed by atoms with Crippen molar-refractivity contribution >= 4 is 23.2 Å². The molecule has 3 aliphatic heterocycles. The highest BCUT2D eigenvalue weighted by molar-refractivity contribution is 6.06. The lowest BCUT2D eigenvalue weighted by atomic mass is 10.0. The molecule has 2 aromatic carbocycles. The SMILES string of the molecule is C[C@H](NC(=O)c1ccc2c(c1)NC(=O)[C@H]1CCCN21)c1ccc2c(c1)OCCO2. The topological polar surface area (TPSA) is 79.9 Å². The number of amides is 2. The van der Waals surface area contributed by atoms with Gasteiger partial charge in [-0.3, -0.25) is 9.59 Å². The highest BCUT2D eigenvalue weighted by atomic mass is 16.6. The Morgan fingerprint density at radius 2 is 2.00 bits per heavy atom. The molecule has 1 saturated heterocycles. The second kappa shape index (κ2) is 6.99. The maximum Gasteiger partial charge on any atom is 0.251 e. The summed E-state index contributed by atoms with van der Waals surface area (Å²) in [5, 5.41) is 5.98. The van der Waals surface area contributed by atoms with Gasteiger partial charge in [0.05, 0.1) is 17.4 Å². The van der Waals surface area contributed by atoms with Gasteiger partial charge in [0.25, 0.3) is 5.91 Å². The van der Waals surface area contributed by atoms with E-state index in [1.54, 1.807) is 6.07 Å². The average molecular weight is 393 g/mol. The molecule has 2 amide bonds. The lowest BCUT2D eigenvalue weighted by Gasteiger charge is -2.33. The molecule has 2 aromatic rings. The van der Waals surface area contributed by atoms with E-state index in [-0.39, 0.29) is 23.9 Å². The number of benzene rings is 2. The van der Waals surface area contributed by atoms with E-state index >= 15 is 0 Å². The van der Waals surface area contributed by atoms with Crippen LogP contribution in [0.4, 0.5) is 11.4 Å². The van der Waals surface area contributed by atoms with Gasteiger partial charge in [-0.15, -0.1) is 0 Å². The van der Waals surface area contributed by atoms with E-state index in [9.17, 15) is 9.59 Å².